The van der Waals surface area contributed by atoms with E-state index < -0.39 is 0 Å². The standard InChI is InChI=1S/C15H17BrFN5/c1-10-6-14(20-9-19-10)21-12-2-4-22(5-3-12)15-13(17)7-11(16)8-18-15/h6-9,12H,2-5H2,1H3,(H,19,20,21). The Morgan fingerprint density at radius 1 is 1.23 bits per heavy atom. The first kappa shape index (κ1) is 15.1. The van der Waals surface area contributed by atoms with Crippen LogP contribution in [0.4, 0.5) is 16.0 Å². The van der Waals surface area contributed by atoms with Gasteiger partial charge in [0.2, 0.25) is 0 Å². The summed E-state index contributed by atoms with van der Waals surface area (Å²) >= 11 is 3.23. The second-order valence-corrected chi connectivity index (χ2v) is 6.32. The number of hydrogen-bond acceptors (Lipinski definition) is 5. The number of aryl methyl sites for hydroxylation is 1. The Kier molecular flexibility index (Phi) is 4.52. The van der Waals surface area contributed by atoms with Crippen molar-refractivity contribution in [2.45, 2.75) is 25.8 Å². The molecule has 3 rings (SSSR count). The third-order valence-electron chi connectivity index (χ3n) is 3.74. The summed E-state index contributed by atoms with van der Waals surface area (Å²) in [5.74, 6) is 0.991. The van der Waals surface area contributed by atoms with E-state index in [2.05, 4.69) is 36.2 Å². The molecule has 0 bridgehead atoms. The zero-order valence-corrected chi connectivity index (χ0v) is 13.8. The molecule has 2 aromatic rings. The van der Waals surface area contributed by atoms with Gasteiger partial charge in [0.05, 0.1) is 0 Å². The highest BCUT2D eigenvalue weighted by molar-refractivity contribution is 9.10. The molecular weight excluding hydrogens is 349 g/mol. The first-order valence-electron chi connectivity index (χ1n) is 7.23. The van der Waals surface area contributed by atoms with Gasteiger partial charge in [-0.25, -0.2) is 19.3 Å². The lowest BCUT2D eigenvalue weighted by atomic mass is 10.0. The van der Waals surface area contributed by atoms with Gasteiger partial charge >= 0.3 is 0 Å². The number of hydrogen-bond donors (Lipinski definition) is 1. The van der Waals surface area contributed by atoms with Gasteiger partial charge in [-0.05, 0) is 41.8 Å². The first-order chi connectivity index (χ1) is 10.6. The number of piperidine rings is 1. The number of nitrogens with one attached hydrogen (secondary N) is 1. The molecule has 1 N–H and O–H groups in total. The van der Waals surface area contributed by atoms with E-state index in [4.69, 9.17) is 0 Å². The van der Waals surface area contributed by atoms with E-state index in [1.54, 1.807) is 12.5 Å². The summed E-state index contributed by atoms with van der Waals surface area (Å²) in [5, 5.41) is 3.42. The topological polar surface area (TPSA) is 53.9 Å². The number of halogens is 2. The maximum atomic E-state index is 14.0. The van der Waals surface area contributed by atoms with Gasteiger partial charge in [0.1, 0.15) is 12.1 Å². The van der Waals surface area contributed by atoms with Crippen molar-refractivity contribution in [3.63, 3.8) is 0 Å². The molecule has 1 saturated heterocycles. The fourth-order valence-electron chi connectivity index (χ4n) is 2.62. The van der Waals surface area contributed by atoms with Crippen molar-refractivity contribution < 1.29 is 4.39 Å². The molecule has 116 valence electrons. The first-order valence-corrected chi connectivity index (χ1v) is 8.02. The summed E-state index contributed by atoms with van der Waals surface area (Å²) < 4.78 is 14.6. The van der Waals surface area contributed by atoms with E-state index in [1.165, 1.54) is 6.07 Å². The Bertz CT molecular complexity index is 658. The molecule has 5 nitrogen and oxygen atoms in total. The van der Waals surface area contributed by atoms with Gasteiger partial charge in [0.15, 0.2) is 11.6 Å². The minimum Gasteiger partial charge on any atom is -0.367 e. The molecule has 0 aliphatic carbocycles. The van der Waals surface area contributed by atoms with E-state index >= 15 is 0 Å². The SMILES string of the molecule is Cc1cc(NC2CCN(c3ncc(Br)cc3F)CC2)ncn1. The van der Waals surface area contributed by atoms with Crippen molar-refractivity contribution in [2.24, 2.45) is 0 Å². The highest BCUT2D eigenvalue weighted by atomic mass is 79.9. The molecule has 1 aliphatic rings. The van der Waals surface area contributed by atoms with Crippen molar-refractivity contribution in [3.8, 4) is 0 Å². The van der Waals surface area contributed by atoms with E-state index in [-0.39, 0.29) is 5.82 Å². The third-order valence-corrected chi connectivity index (χ3v) is 4.17. The molecule has 7 heteroatoms. The minimum atomic E-state index is -0.285. The summed E-state index contributed by atoms with van der Waals surface area (Å²) in [6.07, 6.45) is 5.03. The molecule has 0 atom stereocenters. The van der Waals surface area contributed by atoms with Crippen LogP contribution in [0.15, 0.2) is 29.1 Å². The van der Waals surface area contributed by atoms with Crippen molar-refractivity contribution in [1.29, 1.82) is 0 Å². The molecule has 0 aromatic carbocycles. The lowest BCUT2D eigenvalue weighted by molar-refractivity contribution is 0.510. The molecule has 1 aliphatic heterocycles. The molecule has 22 heavy (non-hydrogen) atoms. The zero-order valence-electron chi connectivity index (χ0n) is 12.3. The second kappa shape index (κ2) is 6.56. The van der Waals surface area contributed by atoms with Crippen LogP contribution < -0.4 is 10.2 Å². The van der Waals surface area contributed by atoms with E-state index in [1.807, 2.05) is 17.9 Å². The van der Waals surface area contributed by atoms with Crippen LogP contribution >= 0.6 is 15.9 Å². The van der Waals surface area contributed by atoms with Gasteiger partial charge in [-0.15, -0.1) is 0 Å². The fraction of sp³-hybridized carbons (Fsp3) is 0.400. The lowest BCUT2D eigenvalue weighted by Crippen LogP contribution is -2.40. The maximum absolute atomic E-state index is 14.0. The van der Waals surface area contributed by atoms with Gasteiger partial charge in [-0.1, -0.05) is 0 Å². The van der Waals surface area contributed by atoms with Crippen LogP contribution in [0.25, 0.3) is 0 Å². The van der Waals surface area contributed by atoms with Crippen molar-refractivity contribution in [1.82, 2.24) is 15.0 Å². The van der Waals surface area contributed by atoms with E-state index in [0.29, 0.717) is 16.3 Å². The molecule has 0 radical (unpaired) electrons. The predicted molar refractivity (Wildman–Crippen MR) is 87.5 cm³/mol. The fourth-order valence-corrected chi connectivity index (χ4v) is 2.92. The summed E-state index contributed by atoms with van der Waals surface area (Å²) in [4.78, 5) is 14.5. The molecule has 0 amide bonds. The number of rotatable bonds is 3. The smallest absolute Gasteiger partial charge is 0.166 e. The van der Waals surface area contributed by atoms with Crippen LogP contribution in [-0.2, 0) is 0 Å². The highest BCUT2D eigenvalue weighted by Crippen LogP contribution is 2.24. The number of aromatic nitrogens is 3. The number of pyridine rings is 1. The summed E-state index contributed by atoms with van der Waals surface area (Å²) in [6.45, 7) is 3.48. The van der Waals surface area contributed by atoms with Gasteiger partial charge in [-0.2, -0.15) is 0 Å². The van der Waals surface area contributed by atoms with Crippen LogP contribution in [-0.4, -0.2) is 34.1 Å². The Morgan fingerprint density at radius 2 is 2.00 bits per heavy atom. The molecule has 2 aromatic heterocycles. The average Bonchev–Trinajstić information content (AvgIpc) is 2.48. The number of anilines is 2. The number of nitrogens with zero attached hydrogens (tertiary/aromatic N) is 4. The van der Waals surface area contributed by atoms with E-state index in [9.17, 15) is 4.39 Å². The van der Waals surface area contributed by atoms with Crippen molar-refractivity contribution in [3.05, 3.63) is 40.6 Å². The van der Waals surface area contributed by atoms with Crippen LogP contribution in [0, 0.1) is 12.7 Å². The summed E-state index contributed by atoms with van der Waals surface area (Å²) in [5.41, 5.74) is 0.941. The minimum absolute atomic E-state index is 0.285. The van der Waals surface area contributed by atoms with Gasteiger partial charge < -0.3 is 10.2 Å². The maximum Gasteiger partial charge on any atom is 0.166 e. The Labute approximate surface area is 137 Å². The van der Waals surface area contributed by atoms with Gasteiger partial charge in [-0.3, -0.25) is 0 Å². The van der Waals surface area contributed by atoms with E-state index in [0.717, 1.165) is 37.4 Å². The zero-order chi connectivity index (χ0) is 15.5. The average molecular weight is 366 g/mol. The van der Waals surface area contributed by atoms with Gasteiger partial charge in [0.25, 0.3) is 0 Å². The molecule has 0 unspecified atom stereocenters. The monoisotopic (exact) mass is 365 g/mol. The third kappa shape index (κ3) is 3.52. The normalized spacial score (nSPS) is 15.9. The quantitative estimate of drug-likeness (QED) is 0.905. The summed E-state index contributed by atoms with van der Waals surface area (Å²) in [6, 6.07) is 3.72. The van der Waals surface area contributed by atoms with Gasteiger partial charge in [0, 0.05) is 41.6 Å². The van der Waals surface area contributed by atoms with Crippen LogP contribution in [0.5, 0.6) is 0 Å². The Balaban J connectivity index is 1.60. The van der Waals surface area contributed by atoms with Crippen LogP contribution in [0.2, 0.25) is 0 Å². The molecular formula is C15H17BrFN5. The molecule has 3 heterocycles. The lowest BCUT2D eigenvalue weighted by Gasteiger charge is -2.33. The van der Waals surface area contributed by atoms with Crippen LogP contribution in [0.1, 0.15) is 18.5 Å². The molecule has 0 spiro atoms. The Morgan fingerprint density at radius 3 is 2.68 bits per heavy atom. The predicted octanol–water partition coefficient (Wildman–Crippen LogP) is 3.16. The van der Waals surface area contributed by atoms with Crippen LogP contribution in [0.3, 0.4) is 0 Å². The van der Waals surface area contributed by atoms with Crippen molar-refractivity contribution in [2.75, 3.05) is 23.3 Å². The Hall–Kier alpha value is -1.76. The largest absolute Gasteiger partial charge is 0.367 e. The molecule has 0 saturated carbocycles. The highest BCUT2D eigenvalue weighted by Gasteiger charge is 2.22. The van der Waals surface area contributed by atoms with Crippen molar-refractivity contribution >= 4 is 27.6 Å². The second-order valence-electron chi connectivity index (χ2n) is 5.41. The summed E-state index contributed by atoms with van der Waals surface area (Å²) in [7, 11) is 0. The molecule has 1 fully saturated rings.